The number of aliphatic hydroxyl groups excluding tert-OH is 1. The van der Waals surface area contributed by atoms with Gasteiger partial charge in [0.25, 0.3) is 0 Å². The van der Waals surface area contributed by atoms with Crippen LogP contribution in [0.25, 0.3) is 0 Å². The predicted molar refractivity (Wildman–Crippen MR) is 184 cm³/mol. The van der Waals surface area contributed by atoms with Crippen LogP contribution in [0.3, 0.4) is 0 Å². The molecule has 4 atom stereocenters. The largest absolute Gasteiger partial charge is 0.463 e. The first-order valence-corrected chi connectivity index (χ1v) is 16.2. The maximum atomic E-state index is 13.5. The van der Waals surface area contributed by atoms with Crippen molar-refractivity contribution in [1.82, 2.24) is 10.6 Å². The van der Waals surface area contributed by atoms with Crippen LogP contribution in [0.15, 0.2) is 116 Å². The zero-order chi connectivity index (χ0) is 34.6. The van der Waals surface area contributed by atoms with Crippen molar-refractivity contribution in [2.24, 2.45) is 11.8 Å². The topological polar surface area (TPSA) is 131 Å². The fraction of sp³-hybridized carbons (Fsp3) is 0.333. The van der Waals surface area contributed by atoms with E-state index < -0.39 is 54.3 Å². The highest BCUT2D eigenvalue weighted by molar-refractivity contribution is 5.89. The lowest BCUT2D eigenvalue weighted by Gasteiger charge is -2.23. The summed E-state index contributed by atoms with van der Waals surface area (Å²) in [7, 11) is 0. The van der Waals surface area contributed by atoms with Crippen LogP contribution in [0.5, 0.6) is 0 Å². The minimum absolute atomic E-state index is 0.0432. The molecule has 3 aromatic rings. The number of esters is 2. The summed E-state index contributed by atoms with van der Waals surface area (Å²) in [5.74, 6) is -3.69. The molecule has 0 saturated heterocycles. The SMILES string of the molecule is C=CCC[C@H](Cc1ccccc1)C(=O)OC[C@@H](NC(=O)[C@H](CC=C)CC(=O)N[C@@H](CO)Cc1ccccc1)C(=O)OCc1ccccc1. The summed E-state index contributed by atoms with van der Waals surface area (Å²) in [6.07, 6.45) is 5.14. The van der Waals surface area contributed by atoms with Crippen molar-refractivity contribution < 1.29 is 33.8 Å². The Balaban J connectivity index is 1.69. The molecule has 0 saturated carbocycles. The average molecular weight is 655 g/mol. The number of rotatable bonds is 21. The molecule has 254 valence electrons. The zero-order valence-corrected chi connectivity index (χ0v) is 27.3. The lowest BCUT2D eigenvalue weighted by molar-refractivity contribution is -0.157. The molecule has 9 nitrogen and oxygen atoms in total. The van der Waals surface area contributed by atoms with Gasteiger partial charge >= 0.3 is 11.9 Å². The first kappa shape index (κ1) is 37.4. The molecule has 3 aromatic carbocycles. The standard InChI is InChI=1S/C39H46N2O7/c1-3-5-22-33(23-29-16-9-6-10-17-29)38(45)48-28-35(39(46)47-27-31-20-13-8-14-21-31)41-37(44)32(15-4-2)25-36(43)40-34(26-42)24-30-18-11-7-12-19-30/h3-4,6-14,16-21,32-35,42H,1-2,5,15,22-28H2,(H,40,43)(H,41,44)/t32-,33-,34-,35-/m1/s1. The zero-order valence-electron chi connectivity index (χ0n) is 27.3. The van der Waals surface area contributed by atoms with Crippen molar-refractivity contribution in [3.05, 3.63) is 133 Å². The van der Waals surface area contributed by atoms with Crippen molar-refractivity contribution in [3.63, 3.8) is 0 Å². The third-order valence-corrected chi connectivity index (χ3v) is 7.76. The predicted octanol–water partition coefficient (Wildman–Crippen LogP) is 4.89. The molecule has 0 radical (unpaired) electrons. The Morgan fingerprint density at radius 1 is 0.708 bits per heavy atom. The molecule has 3 rings (SSSR count). The fourth-order valence-corrected chi connectivity index (χ4v) is 5.15. The van der Waals surface area contributed by atoms with Crippen LogP contribution < -0.4 is 10.6 Å². The van der Waals surface area contributed by atoms with Gasteiger partial charge in [-0.15, -0.1) is 13.2 Å². The number of hydrogen-bond acceptors (Lipinski definition) is 7. The van der Waals surface area contributed by atoms with E-state index >= 15 is 0 Å². The first-order valence-electron chi connectivity index (χ1n) is 16.2. The molecule has 0 bridgehead atoms. The molecule has 0 aliphatic heterocycles. The quantitative estimate of drug-likeness (QED) is 0.110. The normalized spacial score (nSPS) is 13.2. The summed E-state index contributed by atoms with van der Waals surface area (Å²) in [5.41, 5.74) is 2.66. The van der Waals surface area contributed by atoms with Crippen LogP contribution in [0.1, 0.15) is 42.4 Å². The third-order valence-electron chi connectivity index (χ3n) is 7.76. The maximum Gasteiger partial charge on any atom is 0.332 e. The number of amides is 2. The number of carbonyl (C=O) groups excluding carboxylic acids is 4. The summed E-state index contributed by atoms with van der Waals surface area (Å²) in [5, 5.41) is 15.3. The number of aliphatic hydroxyl groups is 1. The molecule has 48 heavy (non-hydrogen) atoms. The Labute approximate surface area is 283 Å². The first-order chi connectivity index (χ1) is 23.3. The smallest absolute Gasteiger partial charge is 0.332 e. The van der Waals surface area contributed by atoms with E-state index in [1.807, 2.05) is 78.9 Å². The molecular weight excluding hydrogens is 608 g/mol. The number of hydrogen-bond donors (Lipinski definition) is 3. The van der Waals surface area contributed by atoms with Crippen LogP contribution in [0.2, 0.25) is 0 Å². The van der Waals surface area contributed by atoms with E-state index in [4.69, 9.17) is 9.47 Å². The van der Waals surface area contributed by atoms with Gasteiger partial charge in [-0.2, -0.15) is 0 Å². The van der Waals surface area contributed by atoms with Crippen molar-refractivity contribution in [3.8, 4) is 0 Å². The van der Waals surface area contributed by atoms with Crippen molar-refractivity contribution >= 4 is 23.8 Å². The van der Waals surface area contributed by atoms with Crippen molar-refractivity contribution in [2.75, 3.05) is 13.2 Å². The van der Waals surface area contributed by atoms with Crippen LogP contribution in [-0.2, 0) is 48.1 Å². The second-order valence-corrected chi connectivity index (χ2v) is 11.6. The van der Waals surface area contributed by atoms with E-state index in [9.17, 15) is 24.3 Å². The third kappa shape index (κ3) is 13.4. The van der Waals surface area contributed by atoms with Gasteiger partial charge in [0, 0.05) is 6.42 Å². The van der Waals surface area contributed by atoms with Crippen molar-refractivity contribution in [1.29, 1.82) is 0 Å². The number of benzene rings is 3. The van der Waals surface area contributed by atoms with Gasteiger partial charge in [0.2, 0.25) is 11.8 Å². The second-order valence-electron chi connectivity index (χ2n) is 11.6. The highest BCUT2D eigenvalue weighted by Crippen LogP contribution is 2.18. The van der Waals surface area contributed by atoms with Crippen LogP contribution in [0.4, 0.5) is 0 Å². The minimum atomic E-state index is -1.32. The van der Waals surface area contributed by atoms with E-state index in [0.717, 1.165) is 16.7 Å². The lowest BCUT2D eigenvalue weighted by atomic mass is 9.95. The number of carbonyl (C=O) groups is 4. The molecule has 0 aromatic heterocycles. The van der Waals surface area contributed by atoms with Gasteiger partial charge in [0.05, 0.1) is 24.5 Å². The molecular formula is C39H46N2O7. The van der Waals surface area contributed by atoms with E-state index in [1.54, 1.807) is 18.2 Å². The van der Waals surface area contributed by atoms with Gasteiger partial charge in [-0.05, 0) is 48.8 Å². The lowest BCUT2D eigenvalue weighted by Crippen LogP contribution is -2.48. The summed E-state index contributed by atoms with van der Waals surface area (Å²) >= 11 is 0. The summed E-state index contributed by atoms with van der Waals surface area (Å²) in [6, 6.07) is 26.2. The van der Waals surface area contributed by atoms with E-state index in [0.29, 0.717) is 25.7 Å². The van der Waals surface area contributed by atoms with E-state index in [1.165, 1.54) is 6.08 Å². The van der Waals surface area contributed by atoms with Gasteiger partial charge in [-0.3, -0.25) is 14.4 Å². The van der Waals surface area contributed by atoms with Gasteiger partial charge < -0.3 is 25.2 Å². The molecule has 3 N–H and O–H groups in total. The fourth-order valence-electron chi connectivity index (χ4n) is 5.15. The molecule has 0 fully saturated rings. The Morgan fingerprint density at radius 3 is 1.85 bits per heavy atom. The minimum Gasteiger partial charge on any atom is -0.463 e. The Hall–Kier alpha value is -5.02. The van der Waals surface area contributed by atoms with Gasteiger partial charge in [0.15, 0.2) is 6.04 Å². The summed E-state index contributed by atoms with van der Waals surface area (Å²) in [4.78, 5) is 53.1. The highest BCUT2D eigenvalue weighted by Gasteiger charge is 2.30. The maximum absolute atomic E-state index is 13.5. The van der Waals surface area contributed by atoms with E-state index in [2.05, 4.69) is 23.8 Å². The van der Waals surface area contributed by atoms with Crippen LogP contribution in [0, 0.1) is 11.8 Å². The molecule has 0 aliphatic carbocycles. The Kier molecular flexibility index (Phi) is 16.4. The molecule has 0 unspecified atom stereocenters. The van der Waals surface area contributed by atoms with Gasteiger partial charge in [0.1, 0.15) is 13.2 Å². The summed E-state index contributed by atoms with van der Waals surface area (Å²) < 4.78 is 11.1. The average Bonchev–Trinajstić information content (AvgIpc) is 3.11. The molecule has 0 heterocycles. The monoisotopic (exact) mass is 654 g/mol. The van der Waals surface area contributed by atoms with Gasteiger partial charge in [-0.25, -0.2) is 4.79 Å². The number of nitrogens with one attached hydrogen (secondary N) is 2. The van der Waals surface area contributed by atoms with Crippen LogP contribution >= 0.6 is 0 Å². The molecule has 0 aliphatic rings. The molecule has 0 spiro atoms. The molecule has 2 amide bonds. The number of allylic oxidation sites excluding steroid dienone is 2. The Morgan fingerprint density at radius 2 is 1.29 bits per heavy atom. The van der Waals surface area contributed by atoms with Crippen LogP contribution in [-0.4, -0.2) is 54.2 Å². The van der Waals surface area contributed by atoms with Gasteiger partial charge in [-0.1, -0.05) is 103 Å². The summed E-state index contributed by atoms with van der Waals surface area (Å²) in [6.45, 7) is 6.70. The van der Waals surface area contributed by atoms with Crippen molar-refractivity contribution in [2.45, 2.75) is 57.2 Å². The highest BCUT2D eigenvalue weighted by atomic mass is 16.6. The number of ether oxygens (including phenoxy) is 2. The second kappa shape index (κ2) is 21.0. The Bertz CT molecular complexity index is 1450. The molecule has 9 heteroatoms. The van der Waals surface area contributed by atoms with E-state index in [-0.39, 0.29) is 26.1 Å².